The van der Waals surface area contributed by atoms with E-state index in [1.54, 1.807) is 0 Å². The highest BCUT2D eigenvalue weighted by atomic mass is 16.2. The van der Waals surface area contributed by atoms with E-state index >= 15 is 0 Å². The largest absolute Gasteiger partial charge is 0.362 e. The Morgan fingerprint density at radius 3 is 2.36 bits per heavy atom. The molecule has 0 radical (unpaired) electrons. The second-order valence-electron chi connectivity index (χ2n) is 10.8. The number of nitrogens with one attached hydrogen (secondary N) is 2. The van der Waals surface area contributed by atoms with E-state index in [1.807, 2.05) is 17.7 Å². The van der Waals surface area contributed by atoms with E-state index in [4.69, 9.17) is 9.97 Å². The summed E-state index contributed by atoms with van der Waals surface area (Å²) < 4.78 is 1.92. The normalized spacial score (nSPS) is 20.8. The quantitative estimate of drug-likeness (QED) is 0.715. The number of amides is 1. The average Bonchev–Trinajstić information content (AvgIpc) is 3.17. The number of carbonyl (C=O) groups excluding carboxylic acids is 1. The lowest BCUT2D eigenvalue weighted by Crippen LogP contribution is -2.40. The lowest BCUT2D eigenvalue weighted by atomic mass is 9.91. The number of rotatable bonds is 5. The molecule has 8 heteroatoms. The van der Waals surface area contributed by atoms with Crippen LogP contribution in [0, 0.1) is 6.92 Å². The molecule has 2 aromatic heterocycles. The molecule has 180 valence electrons. The first-order chi connectivity index (χ1) is 15.6. The number of carbonyl (C=O) groups is 1. The first-order valence-electron chi connectivity index (χ1n) is 12.3. The van der Waals surface area contributed by atoms with Crippen LogP contribution in [0.3, 0.4) is 0 Å². The Bertz CT molecular complexity index is 997. The lowest BCUT2D eigenvalue weighted by molar-refractivity contribution is 0.0920. The predicted octanol–water partition coefficient (Wildman–Crippen LogP) is 3.83. The van der Waals surface area contributed by atoms with Gasteiger partial charge < -0.3 is 15.5 Å². The molecule has 0 bridgehead atoms. The fraction of sp³-hybridized carbons (Fsp3) is 0.680. The topological polar surface area (TPSA) is 88.0 Å². The molecule has 0 atom stereocenters. The highest BCUT2D eigenvalue weighted by molar-refractivity contribution is 5.92. The summed E-state index contributed by atoms with van der Waals surface area (Å²) in [4.78, 5) is 24.6. The van der Waals surface area contributed by atoms with Gasteiger partial charge in [0.2, 0.25) is 5.95 Å². The standard InChI is InChI=1S/C25H39N7O/c1-16-15-21(30-32(16)25(2,3)4)23(33)26-17-11-13-18(14-12-17)27-24-28-20-10-8-7-9-19(20)22(29-24)31(5)6/h15,17-18H,7-14H2,1-6H3,(H,26,33)(H,27,28,29)/t17-,18+. The number of hydrogen-bond donors (Lipinski definition) is 2. The maximum atomic E-state index is 12.8. The van der Waals surface area contributed by atoms with Gasteiger partial charge in [-0.1, -0.05) is 0 Å². The number of nitrogens with zero attached hydrogens (tertiary/aromatic N) is 5. The maximum Gasteiger partial charge on any atom is 0.272 e. The second-order valence-corrected chi connectivity index (χ2v) is 10.8. The summed E-state index contributed by atoms with van der Waals surface area (Å²) in [6.45, 7) is 8.28. The minimum Gasteiger partial charge on any atom is -0.362 e. The van der Waals surface area contributed by atoms with E-state index in [0.29, 0.717) is 11.7 Å². The fourth-order valence-corrected chi connectivity index (χ4v) is 5.10. The van der Waals surface area contributed by atoms with Gasteiger partial charge in [-0.15, -0.1) is 0 Å². The zero-order valence-electron chi connectivity index (χ0n) is 21.0. The van der Waals surface area contributed by atoms with Crippen LogP contribution in [0.4, 0.5) is 11.8 Å². The molecular weight excluding hydrogens is 414 g/mol. The molecule has 0 unspecified atom stereocenters. The van der Waals surface area contributed by atoms with Gasteiger partial charge in [-0.2, -0.15) is 10.1 Å². The third-order valence-electron chi connectivity index (χ3n) is 6.74. The Balaban J connectivity index is 1.34. The molecule has 2 aliphatic rings. The molecule has 0 aliphatic heterocycles. The van der Waals surface area contributed by atoms with Gasteiger partial charge >= 0.3 is 0 Å². The molecule has 2 aliphatic carbocycles. The number of fused-ring (bicyclic) bond motifs is 1. The zero-order chi connectivity index (χ0) is 23.8. The van der Waals surface area contributed by atoms with Crippen LogP contribution in [0.1, 0.15) is 86.7 Å². The van der Waals surface area contributed by atoms with Gasteiger partial charge in [0.15, 0.2) is 0 Å². The van der Waals surface area contributed by atoms with Crippen LogP contribution in [-0.4, -0.2) is 51.8 Å². The van der Waals surface area contributed by atoms with Gasteiger partial charge in [-0.3, -0.25) is 9.48 Å². The maximum absolute atomic E-state index is 12.8. The molecule has 1 amide bonds. The van der Waals surface area contributed by atoms with Crippen LogP contribution < -0.4 is 15.5 Å². The van der Waals surface area contributed by atoms with Crippen LogP contribution in [0.25, 0.3) is 0 Å². The van der Waals surface area contributed by atoms with E-state index in [1.165, 1.54) is 24.1 Å². The summed E-state index contributed by atoms with van der Waals surface area (Å²) in [5.41, 5.74) is 3.88. The van der Waals surface area contributed by atoms with Crippen LogP contribution in [0.15, 0.2) is 6.07 Å². The second kappa shape index (κ2) is 9.31. The number of aryl methyl sites for hydroxylation is 2. The Morgan fingerprint density at radius 1 is 1.06 bits per heavy atom. The van der Waals surface area contributed by atoms with Crippen molar-refractivity contribution in [3.05, 3.63) is 28.7 Å². The first kappa shape index (κ1) is 23.5. The van der Waals surface area contributed by atoms with Crippen molar-refractivity contribution >= 4 is 17.7 Å². The van der Waals surface area contributed by atoms with Crippen molar-refractivity contribution in [2.24, 2.45) is 0 Å². The summed E-state index contributed by atoms with van der Waals surface area (Å²) in [5, 5.41) is 11.3. The Hall–Kier alpha value is -2.64. The monoisotopic (exact) mass is 453 g/mol. The van der Waals surface area contributed by atoms with Crippen molar-refractivity contribution in [1.29, 1.82) is 0 Å². The smallest absolute Gasteiger partial charge is 0.272 e. The minimum absolute atomic E-state index is 0.0776. The van der Waals surface area contributed by atoms with Crippen molar-refractivity contribution in [2.45, 2.75) is 96.7 Å². The summed E-state index contributed by atoms with van der Waals surface area (Å²) >= 11 is 0. The molecule has 1 fully saturated rings. The predicted molar refractivity (Wildman–Crippen MR) is 132 cm³/mol. The third-order valence-corrected chi connectivity index (χ3v) is 6.74. The molecular formula is C25H39N7O. The minimum atomic E-state index is -0.141. The van der Waals surface area contributed by atoms with Crippen molar-refractivity contribution in [2.75, 3.05) is 24.3 Å². The summed E-state index contributed by atoms with van der Waals surface area (Å²) in [5.74, 6) is 1.72. The number of hydrogen-bond acceptors (Lipinski definition) is 6. The molecule has 8 nitrogen and oxygen atoms in total. The van der Waals surface area contributed by atoms with Gasteiger partial charge in [-0.05, 0) is 85.1 Å². The van der Waals surface area contributed by atoms with Crippen molar-refractivity contribution < 1.29 is 4.79 Å². The molecule has 0 saturated heterocycles. The van der Waals surface area contributed by atoms with E-state index in [-0.39, 0.29) is 17.5 Å². The molecule has 4 rings (SSSR count). The fourth-order valence-electron chi connectivity index (χ4n) is 5.10. The van der Waals surface area contributed by atoms with Gasteiger partial charge in [0, 0.05) is 37.4 Å². The molecule has 2 aromatic rings. The Labute approximate surface area is 197 Å². The zero-order valence-corrected chi connectivity index (χ0v) is 21.0. The molecule has 1 saturated carbocycles. The van der Waals surface area contributed by atoms with E-state index in [9.17, 15) is 4.79 Å². The van der Waals surface area contributed by atoms with Crippen molar-refractivity contribution in [3.63, 3.8) is 0 Å². The van der Waals surface area contributed by atoms with Crippen LogP contribution in [-0.2, 0) is 18.4 Å². The SMILES string of the molecule is Cc1cc(C(=O)N[C@H]2CC[C@@H](Nc3nc4c(c(N(C)C)n3)CCCC4)CC2)nn1C(C)(C)C. The highest BCUT2D eigenvalue weighted by Gasteiger charge is 2.26. The Morgan fingerprint density at radius 2 is 1.73 bits per heavy atom. The number of aromatic nitrogens is 4. The highest BCUT2D eigenvalue weighted by Crippen LogP contribution is 2.29. The van der Waals surface area contributed by atoms with E-state index in [2.05, 4.69) is 55.5 Å². The molecule has 2 heterocycles. The first-order valence-corrected chi connectivity index (χ1v) is 12.3. The molecule has 0 aromatic carbocycles. The summed E-state index contributed by atoms with van der Waals surface area (Å²) in [7, 11) is 4.11. The summed E-state index contributed by atoms with van der Waals surface area (Å²) in [6.07, 6.45) is 8.38. The summed E-state index contributed by atoms with van der Waals surface area (Å²) in [6, 6.07) is 2.39. The molecule has 0 spiro atoms. The van der Waals surface area contributed by atoms with Crippen molar-refractivity contribution in [3.8, 4) is 0 Å². The lowest BCUT2D eigenvalue weighted by Gasteiger charge is -2.30. The molecule has 33 heavy (non-hydrogen) atoms. The van der Waals surface area contributed by atoms with Gasteiger partial charge in [0.1, 0.15) is 11.5 Å². The van der Waals surface area contributed by atoms with Gasteiger partial charge in [0.25, 0.3) is 5.91 Å². The van der Waals surface area contributed by atoms with Gasteiger partial charge in [0.05, 0.1) is 11.2 Å². The Kier molecular flexibility index (Phi) is 6.64. The van der Waals surface area contributed by atoms with E-state index < -0.39 is 0 Å². The van der Waals surface area contributed by atoms with Gasteiger partial charge in [-0.25, -0.2) is 4.98 Å². The van der Waals surface area contributed by atoms with Crippen LogP contribution >= 0.6 is 0 Å². The van der Waals surface area contributed by atoms with E-state index in [0.717, 1.165) is 56.0 Å². The number of anilines is 2. The van der Waals surface area contributed by atoms with Crippen LogP contribution in [0.2, 0.25) is 0 Å². The average molecular weight is 454 g/mol. The van der Waals surface area contributed by atoms with Crippen LogP contribution in [0.5, 0.6) is 0 Å². The van der Waals surface area contributed by atoms with Crippen molar-refractivity contribution in [1.82, 2.24) is 25.1 Å². The third kappa shape index (κ3) is 5.31. The molecule has 2 N–H and O–H groups in total.